The van der Waals surface area contributed by atoms with E-state index in [0.717, 1.165) is 11.8 Å². The van der Waals surface area contributed by atoms with Crippen molar-refractivity contribution in [2.75, 3.05) is 0 Å². The van der Waals surface area contributed by atoms with Crippen LogP contribution >= 0.6 is 0 Å². The number of hydrogen-bond acceptors (Lipinski definition) is 4. The zero-order valence-electron chi connectivity index (χ0n) is 10.5. The van der Waals surface area contributed by atoms with Crippen LogP contribution in [0, 0.1) is 11.6 Å². The summed E-state index contributed by atoms with van der Waals surface area (Å²) in [6, 6.07) is 3.32. The number of benzene rings is 1. The first-order valence-electron chi connectivity index (χ1n) is 5.83. The molecule has 0 saturated carbocycles. The van der Waals surface area contributed by atoms with Crippen molar-refractivity contribution in [2.45, 2.75) is 18.9 Å². The van der Waals surface area contributed by atoms with E-state index in [4.69, 9.17) is 5.84 Å². The molecular formula is C12H15F2N5. The summed E-state index contributed by atoms with van der Waals surface area (Å²) in [5, 5.41) is 7.76. The Balaban J connectivity index is 2.06. The molecule has 3 N–H and O–H groups in total. The van der Waals surface area contributed by atoms with Gasteiger partial charge in [-0.3, -0.25) is 16.0 Å². The van der Waals surface area contributed by atoms with Crippen LogP contribution in [0.1, 0.15) is 11.3 Å². The lowest BCUT2D eigenvalue weighted by molar-refractivity contribution is 0.498. The van der Waals surface area contributed by atoms with Gasteiger partial charge in [0.2, 0.25) is 0 Å². The lowest BCUT2D eigenvalue weighted by Gasteiger charge is -2.14. The number of rotatable bonds is 5. The summed E-state index contributed by atoms with van der Waals surface area (Å²) in [7, 11) is 1.76. The van der Waals surface area contributed by atoms with Crippen molar-refractivity contribution in [1.82, 2.24) is 20.4 Å². The summed E-state index contributed by atoms with van der Waals surface area (Å²) in [5.41, 5.74) is 3.78. The van der Waals surface area contributed by atoms with Crippen molar-refractivity contribution in [2.24, 2.45) is 12.9 Å². The first-order valence-corrected chi connectivity index (χ1v) is 5.83. The zero-order valence-corrected chi connectivity index (χ0v) is 10.5. The van der Waals surface area contributed by atoms with E-state index >= 15 is 0 Å². The van der Waals surface area contributed by atoms with Gasteiger partial charge in [-0.25, -0.2) is 8.78 Å². The van der Waals surface area contributed by atoms with Crippen LogP contribution in [-0.2, 0) is 19.9 Å². The highest BCUT2D eigenvalue weighted by Crippen LogP contribution is 2.13. The number of halogens is 2. The van der Waals surface area contributed by atoms with Crippen LogP contribution in [0.5, 0.6) is 0 Å². The Labute approximate surface area is 109 Å². The molecule has 7 heteroatoms. The van der Waals surface area contributed by atoms with E-state index in [0.29, 0.717) is 18.4 Å². The number of hydrogen-bond donors (Lipinski definition) is 2. The average molecular weight is 267 g/mol. The van der Waals surface area contributed by atoms with Crippen LogP contribution < -0.4 is 11.3 Å². The average Bonchev–Trinajstić information content (AvgIpc) is 2.77. The topological polar surface area (TPSA) is 68.8 Å². The van der Waals surface area contributed by atoms with Gasteiger partial charge < -0.3 is 0 Å². The van der Waals surface area contributed by atoms with Gasteiger partial charge in [0.15, 0.2) is 0 Å². The number of hydrazine groups is 1. The van der Waals surface area contributed by atoms with Gasteiger partial charge in [-0.1, -0.05) is 11.3 Å². The SMILES string of the molecule is Cn1cc(CC(Cc2ccc(F)cc2F)NN)nn1. The summed E-state index contributed by atoms with van der Waals surface area (Å²) in [5.74, 6) is 4.29. The molecule has 102 valence electrons. The third kappa shape index (κ3) is 3.55. The molecule has 0 aliphatic rings. The highest BCUT2D eigenvalue weighted by molar-refractivity contribution is 5.20. The van der Waals surface area contributed by atoms with E-state index in [-0.39, 0.29) is 6.04 Å². The van der Waals surface area contributed by atoms with Gasteiger partial charge in [-0.05, 0) is 18.1 Å². The van der Waals surface area contributed by atoms with Crippen molar-refractivity contribution >= 4 is 0 Å². The molecular weight excluding hydrogens is 252 g/mol. The predicted octanol–water partition coefficient (Wildman–Crippen LogP) is 0.710. The van der Waals surface area contributed by atoms with E-state index in [9.17, 15) is 8.78 Å². The van der Waals surface area contributed by atoms with Crippen molar-refractivity contribution < 1.29 is 8.78 Å². The monoisotopic (exact) mass is 267 g/mol. The Morgan fingerprint density at radius 1 is 1.37 bits per heavy atom. The van der Waals surface area contributed by atoms with Crippen molar-refractivity contribution in [3.8, 4) is 0 Å². The highest BCUT2D eigenvalue weighted by Gasteiger charge is 2.14. The standard InChI is InChI=1S/C12H15F2N5/c1-19-7-11(17-18-19)6-10(16-15)4-8-2-3-9(13)5-12(8)14/h2-3,5,7,10,16H,4,6,15H2,1H3. The zero-order chi connectivity index (χ0) is 13.8. The molecule has 1 aromatic carbocycles. The maximum absolute atomic E-state index is 13.5. The highest BCUT2D eigenvalue weighted by atomic mass is 19.1. The van der Waals surface area contributed by atoms with Gasteiger partial charge in [0.25, 0.3) is 0 Å². The Kier molecular flexibility index (Phi) is 4.18. The second-order valence-electron chi connectivity index (χ2n) is 4.39. The van der Waals surface area contributed by atoms with Crippen LogP contribution in [0.4, 0.5) is 8.78 Å². The van der Waals surface area contributed by atoms with Crippen LogP contribution in [0.3, 0.4) is 0 Å². The Morgan fingerprint density at radius 2 is 2.16 bits per heavy atom. The molecule has 2 aromatic rings. The van der Waals surface area contributed by atoms with Gasteiger partial charge in [0, 0.05) is 31.8 Å². The molecule has 1 unspecified atom stereocenters. The Morgan fingerprint density at radius 3 is 2.74 bits per heavy atom. The van der Waals surface area contributed by atoms with Crippen molar-refractivity contribution in [3.05, 3.63) is 47.3 Å². The molecule has 5 nitrogen and oxygen atoms in total. The number of nitrogens with one attached hydrogen (secondary N) is 1. The third-order valence-electron chi connectivity index (χ3n) is 2.82. The molecule has 1 atom stereocenters. The Bertz CT molecular complexity index is 555. The molecule has 1 aromatic heterocycles. The quantitative estimate of drug-likeness (QED) is 0.618. The second kappa shape index (κ2) is 5.85. The van der Waals surface area contributed by atoms with Crippen LogP contribution in [0.15, 0.2) is 24.4 Å². The first-order chi connectivity index (χ1) is 9.08. The van der Waals surface area contributed by atoms with Crippen LogP contribution in [0.2, 0.25) is 0 Å². The van der Waals surface area contributed by atoms with E-state index in [1.54, 1.807) is 17.9 Å². The predicted molar refractivity (Wildman–Crippen MR) is 65.9 cm³/mol. The largest absolute Gasteiger partial charge is 0.271 e. The molecule has 0 amide bonds. The number of nitrogens with two attached hydrogens (primary N) is 1. The molecule has 0 fully saturated rings. The van der Waals surface area contributed by atoms with Gasteiger partial charge in [-0.2, -0.15) is 0 Å². The van der Waals surface area contributed by atoms with Gasteiger partial charge in [0.1, 0.15) is 11.6 Å². The summed E-state index contributed by atoms with van der Waals surface area (Å²) in [4.78, 5) is 0. The van der Waals surface area contributed by atoms with Crippen LogP contribution in [-0.4, -0.2) is 21.0 Å². The second-order valence-corrected chi connectivity index (χ2v) is 4.39. The third-order valence-corrected chi connectivity index (χ3v) is 2.82. The molecule has 1 heterocycles. The van der Waals surface area contributed by atoms with Crippen molar-refractivity contribution in [1.29, 1.82) is 0 Å². The normalized spacial score (nSPS) is 12.6. The van der Waals surface area contributed by atoms with Crippen molar-refractivity contribution in [3.63, 3.8) is 0 Å². The van der Waals surface area contributed by atoms with Gasteiger partial charge in [-0.15, -0.1) is 5.10 Å². The minimum Gasteiger partial charge on any atom is -0.271 e. The van der Waals surface area contributed by atoms with Gasteiger partial charge >= 0.3 is 0 Å². The molecule has 0 aliphatic heterocycles. The number of aromatic nitrogens is 3. The maximum Gasteiger partial charge on any atom is 0.129 e. The van der Waals surface area contributed by atoms with Gasteiger partial charge in [0.05, 0.1) is 5.69 Å². The summed E-state index contributed by atoms with van der Waals surface area (Å²) >= 11 is 0. The Hall–Kier alpha value is -1.86. The first kappa shape index (κ1) is 13.6. The molecule has 0 bridgehead atoms. The molecule has 0 aliphatic carbocycles. The van der Waals surface area contributed by atoms with E-state index in [2.05, 4.69) is 15.7 Å². The molecule has 19 heavy (non-hydrogen) atoms. The summed E-state index contributed by atoms with van der Waals surface area (Å²) in [6.07, 6.45) is 2.63. The number of aryl methyl sites for hydroxylation is 1. The molecule has 0 spiro atoms. The fraction of sp³-hybridized carbons (Fsp3) is 0.333. The van der Waals surface area contributed by atoms with E-state index in [1.165, 1.54) is 12.1 Å². The maximum atomic E-state index is 13.5. The smallest absolute Gasteiger partial charge is 0.129 e. The lowest BCUT2D eigenvalue weighted by Crippen LogP contribution is -2.38. The summed E-state index contributed by atoms with van der Waals surface area (Å²) in [6.45, 7) is 0. The minimum atomic E-state index is -0.590. The molecule has 2 rings (SSSR count). The molecule has 0 radical (unpaired) electrons. The lowest BCUT2D eigenvalue weighted by atomic mass is 10.0. The van der Waals surface area contributed by atoms with E-state index < -0.39 is 11.6 Å². The summed E-state index contributed by atoms with van der Waals surface area (Å²) < 4.78 is 27.9. The fourth-order valence-corrected chi connectivity index (χ4v) is 1.88. The molecule has 0 saturated heterocycles. The minimum absolute atomic E-state index is 0.198. The fourth-order valence-electron chi connectivity index (χ4n) is 1.88. The van der Waals surface area contributed by atoms with E-state index in [1.807, 2.05) is 0 Å². The van der Waals surface area contributed by atoms with Crippen LogP contribution in [0.25, 0.3) is 0 Å². The number of nitrogens with zero attached hydrogens (tertiary/aromatic N) is 3.